The molecule has 1 unspecified atom stereocenters. The van der Waals surface area contributed by atoms with Gasteiger partial charge in [-0.15, -0.1) is 0 Å². The summed E-state index contributed by atoms with van der Waals surface area (Å²) in [5.41, 5.74) is 0.800. The summed E-state index contributed by atoms with van der Waals surface area (Å²) in [5, 5.41) is 12.7. The first-order valence-electron chi connectivity index (χ1n) is 6.29. The van der Waals surface area contributed by atoms with E-state index in [1.54, 1.807) is 12.1 Å². The summed E-state index contributed by atoms with van der Waals surface area (Å²) >= 11 is 3.39. The van der Waals surface area contributed by atoms with E-state index < -0.39 is 0 Å². The summed E-state index contributed by atoms with van der Waals surface area (Å²) in [6.45, 7) is 6.12. The van der Waals surface area contributed by atoms with Gasteiger partial charge in [0.1, 0.15) is 5.75 Å². The number of likely N-dealkylation sites (N-methyl/N-ethyl adjacent to an activating group) is 1. The molecule has 19 heavy (non-hydrogen) atoms. The molecule has 0 aliphatic carbocycles. The van der Waals surface area contributed by atoms with Crippen molar-refractivity contribution in [2.75, 3.05) is 13.6 Å². The first-order chi connectivity index (χ1) is 8.81. The number of hydrogen-bond acceptors (Lipinski definition) is 3. The van der Waals surface area contributed by atoms with E-state index in [1.807, 2.05) is 38.8 Å². The largest absolute Gasteiger partial charge is 0.508 e. The number of phenolic OH excluding ortho intramolecular Hbond substituents is 1. The van der Waals surface area contributed by atoms with E-state index in [2.05, 4.69) is 21.2 Å². The second-order valence-corrected chi connectivity index (χ2v) is 5.93. The van der Waals surface area contributed by atoms with Crippen LogP contribution >= 0.6 is 15.9 Å². The second kappa shape index (κ2) is 6.91. The average Bonchev–Trinajstić information content (AvgIpc) is 2.30. The zero-order valence-electron chi connectivity index (χ0n) is 11.8. The number of carbonyl (C=O) groups excluding carboxylic acids is 1. The SMILES string of the molecule is CC(C)NC(=O)CN(C)C(C)c1cc(Br)ccc1O. The zero-order chi connectivity index (χ0) is 14.6. The Kier molecular flexibility index (Phi) is 5.82. The summed E-state index contributed by atoms with van der Waals surface area (Å²) in [6, 6.07) is 5.40. The monoisotopic (exact) mass is 328 g/mol. The van der Waals surface area contributed by atoms with E-state index in [9.17, 15) is 9.90 Å². The van der Waals surface area contributed by atoms with Gasteiger partial charge in [-0.25, -0.2) is 0 Å². The molecular weight excluding hydrogens is 308 g/mol. The second-order valence-electron chi connectivity index (χ2n) is 5.02. The maximum atomic E-state index is 11.7. The fraction of sp³-hybridized carbons (Fsp3) is 0.500. The Balaban J connectivity index is 2.73. The van der Waals surface area contributed by atoms with Crippen LogP contribution in [0.25, 0.3) is 0 Å². The summed E-state index contributed by atoms with van der Waals surface area (Å²) in [5.74, 6) is 0.227. The molecule has 2 N–H and O–H groups in total. The molecule has 1 atom stereocenters. The van der Waals surface area contributed by atoms with Gasteiger partial charge in [-0.3, -0.25) is 9.69 Å². The summed E-state index contributed by atoms with van der Waals surface area (Å²) < 4.78 is 0.909. The minimum Gasteiger partial charge on any atom is -0.508 e. The third-order valence-electron chi connectivity index (χ3n) is 2.94. The highest BCUT2D eigenvalue weighted by Crippen LogP contribution is 2.30. The number of nitrogens with zero attached hydrogens (tertiary/aromatic N) is 1. The molecule has 0 saturated carbocycles. The van der Waals surface area contributed by atoms with Crippen molar-refractivity contribution in [1.82, 2.24) is 10.2 Å². The van der Waals surface area contributed by atoms with Crippen LogP contribution in [0.4, 0.5) is 0 Å². The van der Waals surface area contributed by atoms with E-state index >= 15 is 0 Å². The van der Waals surface area contributed by atoms with E-state index in [-0.39, 0.29) is 23.7 Å². The van der Waals surface area contributed by atoms with Gasteiger partial charge in [0.05, 0.1) is 6.54 Å². The lowest BCUT2D eigenvalue weighted by Crippen LogP contribution is -2.39. The standard InChI is InChI=1S/C14H21BrN2O2/c1-9(2)16-14(19)8-17(4)10(3)12-7-11(15)5-6-13(12)18/h5-7,9-10,18H,8H2,1-4H3,(H,16,19). The highest BCUT2D eigenvalue weighted by molar-refractivity contribution is 9.10. The van der Waals surface area contributed by atoms with Crippen LogP contribution in [0.15, 0.2) is 22.7 Å². The van der Waals surface area contributed by atoms with Gasteiger partial charge in [-0.2, -0.15) is 0 Å². The Morgan fingerprint density at radius 2 is 2.05 bits per heavy atom. The Bertz CT molecular complexity index is 449. The third-order valence-corrected chi connectivity index (χ3v) is 3.44. The van der Waals surface area contributed by atoms with Crippen LogP contribution < -0.4 is 5.32 Å². The highest BCUT2D eigenvalue weighted by atomic mass is 79.9. The number of rotatable bonds is 5. The van der Waals surface area contributed by atoms with Crippen molar-refractivity contribution >= 4 is 21.8 Å². The van der Waals surface area contributed by atoms with Crippen LogP contribution in [0.3, 0.4) is 0 Å². The minimum absolute atomic E-state index is 0.0150. The number of hydrogen-bond donors (Lipinski definition) is 2. The molecule has 106 valence electrons. The van der Waals surface area contributed by atoms with Crippen LogP contribution in [-0.2, 0) is 4.79 Å². The minimum atomic E-state index is -0.0459. The molecule has 0 aliphatic rings. The Morgan fingerprint density at radius 3 is 2.63 bits per heavy atom. The molecule has 5 heteroatoms. The molecule has 0 saturated heterocycles. The van der Waals surface area contributed by atoms with Gasteiger partial charge in [0.25, 0.3) is 0 Å². The molecule has 0 spiro atoms. The highest BCUT2D eigenvalue weighted by Gasteiger charge is 2.18. The van der Waals surface area contributed by atoms with Crippen LogP contribution in [0.1, 0.15) is 32.4 Å². The van der Waals surface area contributed by atoms with Crippen LogP contribution in [0.2, 0.25) is 0 Å². The molecule has 1 aromatic carbocycles. The molecule has 0 aliphatic heterocycles. The molecular formula is C14H21BrN2O2. The van der Waals surface area contributed by atoms with Gasteiger partial charge in [0.15, 0.2) is 0 Å². The number of amides is 1. The maximum absolute atomic E-state index is 11.7. The molecule has 0 heterocycles. The molecule has 0 fully saturated rings. The van der Waals surface area contributed by atoms with Gasteiger partial charge in [0.2, 0.25) is 5.91 Å². The smallest absolute Gasteiger partial charge is 0.234 e. The van der Waals surface area contributed by atoms with Crippen molar-refractivity contribution in [3.8, 4) is 5.75 Å². The van der Waals surface area contributed by atoms with E-state index in [0.717, 1.165) is 10.0 Å². The lowest BCUT2D eigenvalue weighted by atomic mass is 10.1. The van der Waals surface area contributed by atoms with Crippen LogP contribution in [-0.4, -0.2) is 35.5 Å². The fourth-order valence-electron chi connectivity index (χ4n) is 1.83. The lowest BCUT2D eigenvalue weighted by molar-refractivity contribution is -0.122. The predicted molar refractivity (Wildman–Crippen MR) is 80.1 cm³/mol. The number of benzene rings is 1. The fourth-order valence-corrected chi connectivity index (χ4v) is 2.21. The van der Waals surface area contributed by atoms with Crippen molar-refractivity contribution in [3.63, 3.8) is 0 Å². The van der Waals surface area contributed by atoms with Gasteiger partial charge in [-0.1, -0.05) is 15.9 Å². The molecule has 1 rings (SSSR count). The first kappa shape index (κ1) is 16.0. The van der Waals surface area contributed by atoms with Gasteiger partial charge in [-0.05, 0) is 46.0 Å². The van der Waals surface area contributed by atoms with Crippen molar-refractivity contribution < 1.29 is 9.90 Å². The number of halogens is 1. The Labute approximate surface area is 122 Å². The topological polar surface area (TPSA) is 52.6 Å². The van der Waals surface area contributed by atoms with E-state index in [1.165, 1.54) is 0 Å². The van der Waals surface area contributed by atoms with Crippen LogP contribution in [0, 0.1) is 0 Å². The Hall–Kier alpha value is -1.07. The summed E-state index contributed by atoms with van der Waals surface area (Å²) in [7, 11) is 1.87. The van der Waals surface area contributed by atoms with Crippen molar-refractivity contribution in [2.45, 2.75) is 32.9 Å². The van der Waals surface area contributed by atoms with Crippen molar-refractivity contribution in [1.29, 1.82) is 0 Å². The first-order valence-corrected chi connectivity index (χ1v) is 7.08. The average molecular weight is 329 g/mol. The molecule has 0 radical (unpaired) electrons. The number of nitrogens with one attached hydrogen (secondary N) is 1. The molecule has 1 aromatic rings. The van der Waals surface area contributed by atoms with Gasteiger partial charge >= 0.3 is 0 Å². The van der Waals surface area contributed by atoms with Crippen molar-refractivity contribution in [2.24, 2.45) is 0 Å². The molecule has 4 nitrogen and oxygen atoms in total. The van der Waals surface area contributed by atoms with Gasteiger partial charge in [0, 0.05) is 22.1 Å². The van der Waals surface area contributed by atoms with Crippen LogP contribution in [0.5, 0.6) is 5.75 Å². The zero-order valence-corrected chi connectivity index (χ0v) is 13.4. The Morgan fingerprint density at radius 1 is 1.42 bits per heavy atom. The molecule has 1 amide bonds. The summed E-state index contributed by atoms with van der Waals surface area (Å²) in [6.07, 6.45) is 0. The predicted octanol–water partition coefficient (Wildman–Crippen LogP) is 2.67. The van der Waals surface area contributed by atoms with Crippen molar-refractivity contribution in [3.05, 3.63) is 28.2 Å². The number of carbonyl (C=O) groups is 1. The van der Waals surface area contributed by atoms with Gasteiger partial charge < -0.3 is 10.4 Å². The summed E-state index contributed by atoms with van der Waals surface area (Å²) in [4.78, 5) is 13.6. The maximum Gasteiger partial charge on any atom is 0.234 e. The third kappa shape index (κ3) is 4.84. The van der Waals surface area contributed by atoms with E-state index in [4.69, 9.17) is 0 Å². The quantitative estimate of drug-likeness (QED) is 0.873. The number of phenols is 1. The normalized spacial score (nSPS) is 12.8. The lowest BCUT2D eigenvalue weighted by Gasteiger charge is -2.25. The van der Waals surface area contributed by atoms with E-state index in [0.29, 0.717) is 6.54 Å². The molecule has 0 bridgehead atoms. The molecule has 0 aromatic heterocycles. The number of aromatic hydroxyl groups is 1.